The number of benzene rings is 1. The fourth-order valence-corrected chi connectivity index (χ4v) is 5.75. The van der Waals surface area contributed by atoms with Crippen LogP contribution in [0.15, 0.2) is 24.3 Å². The fourth-order valence-electron chi connectivity index (χ4n) is 5.75. The third-order valence-corrected chi connectivity index (χ3v) is 7.72. The van der Waals surface area contributed by atoms with Gasteiger partial charge < -0.3 is 30.1 Å². The van der Waals surface area contributed by atoms with Crippen LogP contribution in [0.5, 0.6) is 5.75 Å². The number of para-hydroxylation sites is 1. The standard InChI is InChI=1S/C28H47N3O4/c1-22(19-29-2)30-27(32)31-17-10-13-24(20-31)28(33,16-8-9-18-34-3)25-14-6-7-15-26(25)35-21-23-11-4-5-12-23/h6-7,14-15,22-24,29,33H,4-5,8-13,16-21H2,1-3H3,(H,30,32)/t22?,24-,28?/m1/s1. The van der Waals surface area contributed by atoms with Crippen LogP contribution in [0, 0.1) is 11.8 Å². The monoisotopic (exact) mass is 489 g/mol. The Morgan fingerprint density at radius 3 is 2.71 bits per heavy atom. The van der Waals surface area contributed by atoms with E-state index in [0.29, 0.717) is 38.6 Å². The quantitative estimate of drug-likeness (QED) is 0.360. The van der Waals surface area contributed by atoms with Gasteiger partial charge >= 0.3 is 6.03 Å². The zero-order chi connectivity index (χ0) is 25.1. The van der Waals surface area contributed by atoms with Gasteiger partial charge in [-0.25, -0.2) is 4.79 Å². The average molecular weight is 490 g/mol. The lowest BCUT2D eigenvalue weighted by Gasteiger charge is -2.43. The van der Waals surface area contributed by atoms with Crippen LogP contribution >= 0.6 is 0 Å². The summed E-state index contributed by atoms with van der Waals surface area (Å²) in [5, 5.41) is 18.5. The minimum atomic E-state index is -1.06. The SMILES string of the molecule is CNCC(C)NC(=O)N1CCC[C@@H](C(O)(CCCCOC)c2ccccc2OCC2CCCC2)C1. The molecule has 1 aliphatic heterocycles. The van der Waals surface area contributed by atoms with E-state index in [1.54, 1.807) is 7.11 Å². The minimum Gasteiger partial charge on any atom is -0.493 e. The molecule has 1 heterocycles. The molecule has 198 valence electrons. The van der Waals surface area contributed by atoms with Crippen molar-refractivity contribution in [2.75, 3.05) is 47.0 Å². The topological polar surface area (TPSA) is 83.1 Å². The number of nitrogens with zero attached hydrogens (tertiary/aromatic N) is 1. The Bertz CT molecular complexity index is 770. The zero-order valence-corrected chi connectivity index (χ0v) is 22.1. The first-order chi connectivity index (χ1) is 17.0. The van der Waals surface area contributed by atoms with Gasteiger partial charge in [0, 0.05) is 50.9 Å². The third kappa shape index (κ3) is 7.83. The number of rotatable bonds is 13. The number of amides is 2. The van der Waals surface area contributed by atoms with Crippen molar-refractivity contribution in [1.29, 1.82) is 0 Å². The molecule has 3 N–H and O–H groups in total. The molecule has 1 aliphatic carbocycles. The molecular weight excluding hydrogens is 442 g/mol. The van der Waals surface area contributed by atoms with Gasteiger partial charge in [0.15, 0.2) is 0 Å². The highest BCUT2D eigenvalue weighted by Gasteiger charge is 2.43. The van der Waals surface area contributed by atoms with Crippen LogP contribution in [-0.4, -0.2) is 69.1 Å². The number of unbranched alkanes of at least 4 members (excludes halogenated alkanes) is 1. The van der Waals surface area contributed by atoms with Gasteiger partial charge in [-0.05, 0) is 70.9 Å². The molecule has 3 rings (SSSR count). The summed E-state index contributed by atoms with van der Waals surface area (Å²) in [5.41, 5.74) is -0.193. The van der Waals surface area contributed by atoms with E-state index < -0.39 is 5.60 Å². The number of hydrogen-bond donors (Lipinski definition) is 3. The first kappa shape index (κ1) is 27.8. The smallest absolute Gasteiger partial charge is 0.317 e. The average Bonchev–Trinajstić information content (AvgIpc) is 3.39. The summed E-state index contributed by atoms with van der Waals surface area (Å²) in [5.74, 6) is 1.34. The van der Waals surface area contributed by atoms with Crippen LogP contribution in [0.2, 0.25) is 0 Å². The lowest BCUT2D eigenvalue weighted by molar-refractivity contribution is -0.0581. The van der Waals surface area contributed by atoms with Crippen LogP contribution in [0.3, 0.4) is 0 Å². The van der Waals surface area contributed by atoms with E-state index in [-0.39, 0.29) is 18.0 Å². The summed E-state index contributed by atoms with van der Waals surface area (Å²) in [6.07, 6.45) is 9.14. The maximum Gasteiger partial charge on any atom is 0.317 e. The molecule has 0 bridgehead atoms. The highest BCUT2D eigenvalue weighted by molar-refractivity contribution is 5.74. The van der Waals surface area contributed by atoms with Crippen molar-refractivity contribution in [1.82, 2.24) is 15.5 Å². The van der Waals surface area contributed by atoms with Gasteiger partial charge in [-0.2, -0.15) is 0 Å². The van der Waals surface area contributed by atoms with E-state index in [0.717, 1.165) is 43.5 Å². The summed E-state index contributed by atoms with van der Waals surface area (Å²) in [6.45, 7) is 5.36. The number of ether oxygens (including phenoxy) is 2. The second kappa shape index (κ2) is 14.0. The molecule has 2 fully saturated rings. The molecule has 1 aromatic rings. The van der Waals surface area contributed by atoms with Crippen molar-refractivity contribution >= 4 is 6.03 Å². The molecule has 35 heavy (non-hydrogen) atoms. The Kier molecular flexibility index (Phi) is 11.1. The van der Waals surface area contributed by atoms with Gasteiger partial charge in [-0.15, -0.1) is 0 Å². The Morgan fingerprint density at radius 1 is 1.20 bits per heavy atom. The zero-order valence-electron chi connectivity index (χ0n) is 22.1. The van der Waals surface area contributed by atoms with Crippen LogP contribution < -0.4 is 15.4 Å². The molecule has 3 atom stereocenters. The highest BCUT2D eigenvalue weighted by Crippen LogP contribution is 2.43. The predicted molar refractivity (Wildman–Crippen MR) is 140 cm³/mol. The molecule has 1 saturated carbocycles. The number of carbonyl (C=O) groups excluding carboxylic acids is 1. The largest absolute Gasteiger partial charge is 0.493 e. The summed E-state index contributed by atoms with van der Waals surface area (Å²) in [4.78, 5) is 14.8. The minimum absolute atomic E-state index is 0.0468. The molecule has 2 amide bonds. The Hall–Kier alpha value is -1.83. The van der Waals surface area contributed by atoms with E-state index in [1.807, 2.05) is 43.1 Å². The normalized spacial score (nSPS) is 21.5. The van der Waals surface area contributed by atoms with Gasteiger partial charge in [0.1, 0.15) is 5.75 Å². The Balaban J connectivity index is 1.79. The Labute approximate surface area is 211 Å². The molecule has 1 saturated heterocycles. The second-order valence-electron chi connectivity index (χ2n) is 10.5. The van der Waals surface area contributed by atoms with E-state index in [2.05, 4.69) is 10.6 Å². The van der Waals surface area contributed by atoms with E-state index in [9.17, 15) is 9.90 Å². The number of hydrogen-bond acceptors (Lipinski definition) is 5. The maximum absolute atomic E-state index is 13.0. The van der Waals surface area contributed by atoms with Crippen molar-refractivity contribution in [2.24, 2.45) is 11.8 Å². The van der Waals surface area contributed by atoms with Crippen LogP contribution in [0.25, 0.3) is 0 Å². The van der Waals surface area contributed by atoms with Crippen molar-refractivity contribution in [3.05, 3.63) is 29.8 Å². The van der Waals surface area contributed by atoms with Crippen molar-refractivity contribution < 1.29 is 19.4 Å². The maximum atomic E-state index is 13.0. The summed E-state index contributed by atoms with van der Waals surface area (Å²) < 4.78 is 11.6. The number of carbonyl (C=O) groups is 1. The van der Waals surface area contributed by atoms with Gasteiger partial charge in [0.05, 0.1) is 12.2 Å². The van der Waals surface area contributed by atoms with Crippen LogP contribution in [0.4, 0.5) is 4.79 Å². The second-order valence-corrected chi connectivity index (χ2v) is 10.5. The number of aliphatic hydroxyl groups is 1. The summed E-state index contributed by atoms with van der Waals surface area (Å²) in [7, 11) is 3.60. The van der Waals surface area contributed by atoms with Gasteiger partial charge in [0.2, 0.25) is 0 Å². The molecule has 0 radical (unpaired) electrons. The van der Waals surface area contributed by atoms with Crippen molar-refractivity contribution in [3.63, 3.8) is 0 Å². The number of urea groups is 1. The number of likely N-dealkylation sites (tertiary alicyclic amines) is 1. The van der Waals surface area contributed by atoms with Gasteiger partial charge in [-0.1, -0.05) is 31.0 Å². The molecule has 7 nitrogen and oxygen atoms in total. The molecule has 2 unspecified atom stereocenters. The lowest BCUT2D eigenvalue weighted by Crippen LogP contribution is -2.53. The summed E-state index contributed by atoms with van der Waals surface area (Å²) >= 11 is 0. The van der Waals surface area contributed by atoms with Gasteiger partial charge in [-0.3, -0.25) is 0 Å². The van der Waals surface area contributed by atoms with Crippen molar-refractivity contribution in [2.45, 2.75) is 76.4 Å². The number of methoxy groups -OCH3 is 1. The molecular formula is C28H47N3O4. The fraction of sp³-hybridized carbons (Fsp3) is 0.750. The van der Waals surface area contributed by atoms with Crippen molar-refractivity contribution in [3.8, 4) is 5.75 Å². The predicted octanol–water partition coefficient (Wildman–Crippen LogP) is 4.29. The first-order valence-electron chi connectivity index (χ1n) is 13.6. The number of piperidine rings is 1. The van der Waals surface area contributed by atoms with E-state index in [1.165, 1.54) is 25.7 Å². The lowest BCUT2D eigenvalue weighted by atomic mass is 9.73. The molecule has 7 heteroatoms. The first-order valence-corrected chi connectivity index (χ1v) is 13.6. The molecule has 0 aromatic heterocycles. The van der Waals surface area contributed by atoms with Crippen LogP contribution in [0.1, 0.15) is 70.3 Å². The van der Waals surface area contributed by atoms with Gasteiger partial charge in [0.25, 0.3) is 0 Å². The van der Waals surface area contributed by atoms with E-state index >= 15 is 0 Å². The summed E-state index contributed by atoms with van der Waals surface area (Å²) in [6, 6.07) is 7.99. The highest BCUT2D eigenvalue weighted by atomic mass is 16.5. The molecule has 1 aromatic carbocycles. The molecule has 2 aliphatic rings. The Morgan fingerprint density at radius 2 is 1.97 bits per heavy atom. The van der Waals surface area contributed by atoms with Crippen LogP contribution in [-0.2, 0) is 10.3 Å². The third-order valence-electron chi connectivity index (χ3n) is 7.72. The number of nitrogens with one attached hydrogen (secondary N) is 2. The number of likely N-dealkylation sites (N-methyl/N-ethyl adjacent to an activating group) is 1. The molecule has 0 spiro atoms. The van der Waals surface area contributed by atoms with E-state index in [4.69, 9.17) is 9.47 Å².